The zero-order chi connectivity index (χ0) is 20.5. The summed E-state index contributed by atoms with van der Waals surface area (Å²) < 4.78 is 47.9. The zero-order valence-corrected chi connectivity index (χ0v) is 17.1. The van der Waals surface area contributed by atoms with Gasteiger partial charge in [-0.2, -0.15) is 8.42 Å². The number of hydrogen-bond donors (Lipinski definition) is 2. The van der Waals surface area contributed by atoms with Gasteiger partial charge in [0, 0.05) is 6.54 Å². The molecule has 0 bridgehead atoms. The van der Waals surface area contributed by atoms with Crippen molar-refractivity contribution < 1.29 is 32.0 Å². The van der Waals surface area contributed by atoms with E-state index >= 15 is 0 Å². The lowest BCUT2D eigenvalue weighted by atomic mass is 10.1. The summed E-state index contributed by atoms with van der Waals surface area (Å²) in [5.41, 5.74) is 0.879. The van der Waals surface area contributed by atoms with Crippen LogP contribution < -0.4 is 5.32 Å². The molecule has 1 rings (SSSR count). The van der Waals surface area contributed by atoms with Gasteiger partial charge in [-0.3, -0.25) is 4.55 Å². The van der Waals surface area contributed by atoms with E-state index in [9.17, 15) is 17.8 Å². The molecule has 0 aromatic heterocycles. The first-order valence-electron chi connectivity index (χ1n) is 8.68. The molecule has 0 saturated heterocycles. The monoisotopic (exact) mass is 403 g/mol. The van der Waals surface area contributed by atoms with Crippen molar-refractivity contribution >= 4 is 16.2 Å². The minimum atomic E-state index is -4.25. The van der Waals surface area contributed by atoms with Crippen molar-refractivity contribution in [2.24, 2.45) is 0 Å². The second-order valence-corrected chi connectivity index (χ2v) is 8.38. The molecule has 1 aromatic rings. The number of carbonyl (C=O) groups is 1. The van der Waals surface area contributed by atoms with E-state index in [1.807, 2.05) is 6.92 Å². The van der Waals surface area contributed by atoms with Crippen LogP contribution in [0.5, 0.6) is 0 Å². The number of ether oxygens (including phenoxy) is 3. The summed E-state index contributed by atoms with van der Waals surface area (Å²) in [6.45, 7) is 8.84. The first-order valence-corrected chi connectivity index (χ1v) is 10.1. The van der Waals surface area contributed by atoms with Gasteiger partial charge in [-0.15, -0.1) is 0 Å². The Kier molecular flexibility index (Phi) is 9.17. The fourth-order valence-corrected chi connectivity index (χ4v) is 2.93. The molecule has 0 unspecified atom stereocenters. The van der Waals surface area contributed by atoms with Gasteiger partial charge >= 0.3 is 6.09 Å². The molecule has 0 saturated carbocycles. The Morgan fingerprint density at radius 1 is 1.11 bits per heavy atom. The summed E-state index contributed by atoms with van der Waals surface area (Å²) in [5.74, 6) is 0. The maximum atomic E-state index is 11.4. The summed E-state index contributed by atoms with van der Waals surface area (Å²) >= 11 is 0. The molecule has 0 aliphatic heterocycles. The number of nitrogens with one attached hydrogen (secondary N) is 1. The van der Waals surface area contributed by atoms with Crippen LogP contribution >= 0.6 is 0 Å². The van der Waals surface area contributed by atoms with E-state index < -0.39 is 21.8 Å². The third-order valence-electron chi connectivity index (χ3n) is 3.30. The van der Waals surface area contributed by atoms with Gasteiger partial charge in [-0.05, 0) is 45.7 Å². The zero-order valence-electron chi connectivity index (χ0n) is 16.3. The maximum Gasteiger partial charge on any atom is 0.407 e. The van der Waals surface area contributed by atoms with Crippen molar-refractivity contribution in [1.29, 1.82) is 0 Å². The molecule has 0 aliphatic carbocycles. The summed E-state index contributed by atoms with van der Waals surface area (Å²) in [6.07, 6.45) is -0.132. The van der Waals surface area contributed by atoms with Gasteiger partial charge < -0.3 is 19.5 Å². The van der Waals surface area contributed by atoms with E-state index in [1.165, 1.54) is 6.07 Å². The molecule has 0 heterocycles. The molecular formula is C18H29NO7S. The van der Waals surface area contributed by atoms with Crippen molar-refractivity contribution in [3.63, 3.8) is 0 Å². The van der Waals surface area contributed by atoms with Crippen molar-refractivity contribution in [3.8, 4) is 0 Å². The lowest BCUT2D eigenvalue weighted by Gasteiger charge is -2.19. The molecule has 154 valence electrons. The van der Waals surface area contributed by atoms with Gasteiger partial charge in [0.2, 0.25) is 0 Å². The van der Waals surface area contributed by atoms with Crippen LogP contribution in [0.1, 0.15) is 31.9 Å². The fraction of sp³-hybridized carbons (Fsp3) is 0.611. The first kappa shape index (κ1) is 23.4. The Labute approximate surface area is 160 Å². The Morgan fingerprint density at radius 2 is 1.74 bits per heavy atom. The highest BCUT2D eigenvalue weighted by Crippen LogP contribution is 2.18. The molecule has 0 aliphatic rings. The van der Waals surface area contributed by atoms with Crippen LogP contribution in [-0.2, 0) is 30.7 Å². The molecule has 9 heteroatoms. The summed E-state index contributed by atoms with van der Waals surface area (Å²) in [5, 5.41) is 2.58. The standard InChI is InChI=1S/C18H29NO7S/c1-14-5-6-16(27(21,22)23)15(13-14)7-9-24-11-12-25-10-8-19-17(20)26-18(2,3)4/h5-6,13H,7-12H2,1-4H3,(H,19,20)(H,21,22,23). The third kappa shape index (κ3) is 10.3. The number of carbonyl (C=O) groups excluding carboxylic acids is 1. The van der Waals surface area contributed by atoms with Gasteiger partial charge in [-0.25, -0.2) is 4.79 Å². The molecule has 27 heavy (non-hydrogen) atoms. The van der Waals surface area contributed by atoms with E-state index in [0.717, 1.165) is 5.56 Å². The van der Waals surface area contributed by atoms with Crippen molar-refractivity contribution in [1.82, 2.24) is 5.32 Å². The average Bonchev–Trinajstić information content (AvgIpc) is 2.50. The van der Waals surface area contributed by atoms with Crippen LogP contribution in [0, 0.1) is 6.92 Å². The van der Waals surface area contributed by atoms with Crippen LogP contribution in [-0.4, -0.2) is 57.6 Å². The topological polar surface area (TPSA) is 111 Å². The molecule has 1 amide bonds. The Bertz CT molecular complexity index is 711. The molecule has 2 N–H and O–H groups in total. The van der Waals surface area contributed by atoms with Crippen LogP contribution in [0.3, 0.4) is 0 Å². The number of benzene rings is 1. The van der Waals surface area contributed by atoms with E-state index in [4.69, 9.17) is 14.2 Å². The van der Waals surface area contributed by atoms with Gasteiger partial charge in [-0.1, -0.05) is 17.7 Å². The van der Waals surface area contributed by atoms with Crippen LogP contribution in [0.15, 0.2) is 23.1 Å². The number of aryl methyl sites for hydroxylation is 1. The van der Waals surface area contributed by atoms with E-state index in [1.54, 1.807) is 32.9 Å². The molecular weight excluding hydrogens is 374 g/mol. The molecule has 1 aromatic carbocycles. The van der Waals surface area contributed by atoms with E-state index in [-0.39, 0.29) is 4.90 Å². The second-order valence-electron chi connectivity index (χ2n) is 6.99. The molecule has 0 radical (unpaired) electrons. The number of alkyl carbamates (subject to hydrolysis) is 1. The lowest BCUT2D eigenvalue weighted by molar-refractivity contribution is 0.0403. The minimum Gasteiger partial charge on any atom is -0.444 e. The SMILES string of the molecule is Cc1ccc(S(=O)(=O)O)c(CCOCCOCCNC(=O)OC(C)(C)C)c1. The third-order valence-corrected chi connectivity index (χ3v) is 4.25. The minimum absolute atomic E-state index is 0.0961. The predicted molar refractivity (Wildman–Crippen MR) is 101 cm³/mol. The van der Waals surface area contributed by atoms with Crippen LogP contribution in [0.4, 0.5) is 4.79 Å². The number of hydrogen-bond acceptors (Lipinski definition) is 6. The van der Waals surface area contributed by atoms with E-state index in [0.29, 0.717) is 45.0 Å². The normalized spacial score (nSPS) is 12.0. The highest BCUT2D eigenvalue weighted by atomic mass is 32.2. The Hall–Kier alpha value is -1.68. The fourth-order valence-electron chi connectivity index (χ4n) is 2.20. The summed E-state index contributed by atoms with van der Waals surface area (Å²) in [4.78, 5) is 11.3. The summed E-state index contributed by atoms with van der Waals surface area (Å²) in [6, 6.07) is 4.73. The van der Waals surface area contributed by atoms with E-state index in [2.05, 4.69) is 5.32 Å². The smallest absolute Gasteiger partial charge is 0.407 e. The largest absolute Gasteiger partial charge is 0.444 e. The average molecular weight is 403 g/mol. The number of amides is 1. The first-order chi connectivity index (χ1) is 12.5. The highest BCUT2D eigenvalue weighted by molar-refractivity contribution is 7.85. The maximum absolute atomic E-state index is 11.4. The molecule has 0 atom stereocenters. The predicted octanol–water partition coefficient (Wildman–Crippen LogP) is 2.34. The van der Waals surface area contributed by atoms with Crippen LogP contribution in [0.2, 0.25) is 0 Å². The second kappa shape index (κ2) is 10.6. The van der Waals surface area contributed by atoms with Gasteiger partial charge in [0.1, 0.15) is 5.60 Å². The van der Waals surface area contributed by atoms with Crippen molar-refractivity contribution in [2.75, 3.05) is 33.0 Å². The van der Waals surface area contributed by atoms with Gasteiger partial charge in [0.05, 0.1) is 31.3 Å². The highest BCUT2D eigenvalue weighted by Gasteiger charge is 2.16. The quantitative estimate of drug-likeness (QED) is 0.455. The number of rotatable bonds is 10. The lowest BCUT2D eigenvalue weighted by Crippen LogP contribution is -2.34. The van der Waals surface area contributed by atoms with Crippen molar-refractivity contribution in [3.05, 3.63) is 29.3 Å². The Balaban J connectivity index is 2.18. The van der Waals surface area contributed by atoms with Gasteiger partial charge in [0.25, 0.3) is 10.1 Å². The van der Waals surface area contributed by atoms with Crippen molar-refractivity contribution in [2.45, 2.75) is 44.6 Å². The van der Waals surface area contributed by atoms with Crippen LogP contribution in [0.25, 0.3) is 0 Å². The molecule has 8 nitrogen and oxygen atoms in total. The molecule has 0 fully saturated rings. The summed E-state index contributed by atoms with van der Waals surface area (Å²) in [7, 11) is -4.25. The van der Waals surface area contributed by atoms with Gasteiger partial charge in [0.15, 0.2) is 0 Å². The Morgan fingerprint density at radius 3 is 2.33 bits per heavy atom. The molecule has 0 spiro atoms.